The Bertz CT molecular complexity index is 911. The summed E-state index contributed by atoms with van der Waals surface area (Å²) in [7, 11) is 1.62. The van der Waals surface area contributed by atoms with Gasteiger partial charge in [0.25, 0.3) is 5.56 Å². The van der Waals surface area contributed by atoms with Crippen LogP contribution < -0.4 is 5.56 Å². The van der Waals surface area contributed by atoms with Gasteiger partial charge < -0.3 is 5.11 Å². The minimum atomic E-state index is -0.863. The summed E-state index contributed by atoms with van der Waals surface area (Å²) in [5, 5.41) is 14.6. The Morgan fingerprint density at radius 2 is 1.73 bits per heavy atom. The van der Waals surface area contributed by atoms with Gasteiger partial charge in [-0.05, 0) is 11.6 Å². The zero-order chi connectivity index (χ0) is 15.7. The number of fused-ring (bicyclic) bond motifs is 1. The number of rotatable bonds is 3. The molecule has 0 atom stereocenters. The largest absolute Gasteiger partial charge is 0.481 e. The Kier molecular flexibility index (Phi) is 3.47. The zero-order valence-electron chi connectivity index (χ0n) is 12.0. The van der Waals surface area contributed by atoms with Gasteiger partial charge in [0.15, 0.2) is 0 Å². The second-order valence-electron chi connectivity index (χ2n) is 5.09. The van der Waals surface area contributed by atoms with Crippen LogP contribution >= 0.6 is 0 Å². The van der Waals surface area contributed by atoms with E-state index in [0.29, 0.717) is 11.1 Å². The van der Waals surface area contributed by atoms with Crippen molar-refractivity contribution in [1.29, 1.82) is 0 Å². The van der Waals surface area contributed by atoms with Crippen molar-refractivity contribution in [1.82, 2.24) is 9.78 Å². The van der Waals surface area contributed by atoms with Crippen LogP contribution in [0.2, 0.25) is 0 Å². The van der Waals surface area contributed by atoms with Crippen LogP contribution in [0.25, 0.3) is 22.0 Å². The second-order valence-corrected chi connectivity index (χ2v) is 5.09. The molecule has 0 radical (unpaired) electrons. The molecule has 0 aliphatic carbocycles. The fourth-order valence-electron chi connectivity index (χ4n) is 2.47. The number of benzene rings is 2. The second kappa shape index (κ2) is 5.44. The van der Waals surface area contributed by atoms with Crippen LogP contribution in [0, 0.1) is 0 Å². The molecule has 0 amide bonds. The molecular weight excluding hydrogens is 280 g/mol. The van der Waals surface area contributed by atoms with Crippen LogP contribution in [0.5, 0.6) is 0 Å². The molecule has 0 bridgehead atoms. The molecule has 5 nitrogen and oxygen atoms in total. The predicted molar refractivity (Wildman–Crippen MR) is 83.8 cm³/mol. The van der Waals surface area contributed by atoms with Crippen molar-refractivity contribution < 1.29 is 9.90 Å². The highest BCUT2D eigenvalue weighted by molar-refractivity contribution is 5.93. The summed E-state index contributed by atoms with van der Waals surface area (Å²) in [4.78, 5) is 22.9. The monoisotopic (exact) mass is 294 g/mol. The van der Waals surface area contributed by atoms with E-state index in [1.807, 2.05) is 30.3 Å². The number of carboxylic acids is 1. The molecule has 3 rings (SSSR count). The Morgan fingerprint density at radius 3 is 2.36 bits per heavy atom. The molecule has 5 heteroatoms. The number of hydrogen-bond donors (Lipinski definition) is 1. The maximum Gasteiger partial charge on any atom is 0.307 e. The molecule has 0 saturated carbocycles. The number of aliphatic carboxylic acids is 1. The third kappa shape index (κ3) is 2.48. The number of carbonyl (C=O) groups is 1. The lowest BCUT2D eigenvalue weighted by Crippen LogP contribution is -2.20. The van der Waals surface area contributed by atoms with Crippen LogP contribution in [0.15, 0.2) is 53.3 Å². The van der Waals surface area contributed by atoms with Gasteiger partial charge in [-0.3, -0.25) is 9.59 Å². The van der Waals surface area contributed by atoms with Gasteiger partial charge in [0, 0.05) is 18.0 Å². The van der Waals surface area contributed by atoms with Gasteiger partial charge in [-0.1, -0.05) is 42.5 Å². The van der Waals surface area contributed by atoms with E-state index < -0.39 is 5.97 Å². The molecule has 22 heavy (non-hydrogen) atoms. The molecule has 110 valence electrons. The third-order valence-electron chi connectivity index (χ3n) is 3.54. The van der Waals surface area contributed by atoms with Crippen molar-refractivity contribution in [3.8, 4) is 11.3 Å². The molecular formula is C17H14N2O3. The Morgan fingerprint density at radius 1 is 1.09 bits per heavy atom. The van der Waals surface area contributed by atoms with Gasteiger partial charge in [0.05, 0.1) is 17.5 Å². The lowest BCUT2D eigenvalue weighted by molar-refractivity contribution is -0.136. The van der Waals surface area contributed by atoms with E-state index in [4.69, 9.17) is 5.11 Å². The minimum absolute atomic E-state index is 0.0122. The van der Waals surface area contributed by atoms with E-state index in [9.17, 15) is 9.59 Å². The Balaban J connectivity index is 2.16. The molecule has 0 spiro atoms. The molecule has 0 aliphatic heterocycles. The van der Waals surface area contributed by atoms with E-state index in [2.05, 4.69) is 5.10 Å². The molecule has 0 unspecified atom stereocenters. The number of nitrogens with zero attached hydrogens (tertiary/aromatic N) is 2. The van der Waals surface area contributed by atoms with Crippen LogP contribution in [0.3, 0.4) is 0 Å². The van der Waals surface area contributed by atoms with Crippen molar-refractivity contribution in [3.05, 3.63) is 64.4 Å². The van der Waals surface area contributed by atoms with Crippen LogP contribution in [-0.2, 0) is 18.3 Å². The smallest absolute Gasteiger partial charge is 0.307 e. The van der Waals surface area contributed by atoms with Crippen molar-refractivity contribution in [3.63, 3.8) is 0 Å². The standard InChI is InChI=1S/C17H14N2O3/c1-19-17(22)14-5-3-2-4-13(14)16(18-19)12-8-6-11(7-9-12)10-15(20)21/h2-9H,10H2,1H3,(H,20,21). The van der Waals surface area contributed by atoms with Crippen LogP contribution in [0.1, 0.15) is 5.56 Å². The van der Waals surface area contributed by atoms with E-state index in [1.165, 1.54) is 4.68 Å². The molecule has 0 saturated heterocycles. The van der Waals surface area contributed by atoms with Gasteiger partial charge in [0.1, 0.15) is 0 Å². The topological polar surface area (TPSA) is 72.2 Å². The maximum atomic E-state index is 12.1. The highest BCUT2D eigenvalue weighted by Crippen LogP contribution is 2.24. The quantitative estimate of drug-likeness (QED) is 0.804. The average Bonchev–Trinajstić information content (AvgIpc) is 2.51. The predicted octanol–water partition coefficient (Wildman–Crippen LogP) is 2.23. The Labute approximate surface area is 126 Å². The van der Waals surface area contributed by atoms with Gasteiger partial charge in [-0.15, -0.1) is 0 Å². The fourth-order valence-corrected chi connectivity index (χ4v) is 2.47. The summed E-state index contributed by atoms with van der Waals surface area (Å²) in [5.74, 6) is -0.863. The number of hydrogen-bond acceptors (Lipinski definition) is 3. The first kappa shape index (κ1) is 14.0. The first-order valence-electron chi connectivity index (χ1n) is 6.83. The molecule has 1 heterocycles. The average molecular weight is 294 g/mol. The van der Waals surface area contributed by atoms with Crippen LogP contribution in [-0.4, -0.2) is 20.9 Å². The molecule has 2 aromatic carbocycles. The highest BCUT2D eigenvalue weighted by atomic mass is 16.4. The Hall–Kier alpha value is -2.95. The van der Waals surface area contributed by atoms with Gasteiger partial charge in [0.2, 0.25) is 0 Å². The van der Waals surface area contributed by atoms with E-state index in [1.54, 1.807) is 25.2 Å². The SMILES string of the molecule is Cn1nc(-c2ccc(CC(=O)O)cc2)c2ccccc2c1=O. The normalized spacial score (nSPS) is 10.8. The summed E-state index contributed by atoms with van der Waals surface area (Å²) in [6, 6.07) is 14.5. The maximum absolute atomic E-state index is 12.1. The lowest BCUT2D eigenvalue weighted by Gasteiger charge is -2.08. The number of carboxylic acid groups (broad SMARTS) is 1. The molecule has 0 aliphatic rings. The molecule has 1 N–H and O–H groups in total. The zero-order valence-corrected chi connectivity index (χ0v) is 12.0. The van der Waals surface area contributed by atoms with Crippen molar-refractivity contribution in [2.75, 3.05) is 0 Å². The molecule has 1 aromatic heterocycles. The van der Waals surface area contributed by atoms with E-state index >= 15 is 0 Å². The van der Waals surface area contributed by atoms with Gasteiger partial charge in [-0.2, -0.15) is 5.10 Å². The highest BCUT2D eigenvalue weighted by Gasteiger charge is 2.10. The van der Waals surface area contributed by atoms with Crippen molar-refractivity contribution in [2.45, 2.75) is 6.42 Å². The third-order valence-corrected chi connectivity index (χ3v) is 3.54. The van der Waals surface area contributed by atoms with Crippen molar-refractivity contribution in [2.24, 2.45) is 7.05 Å². The van der Waals surface area contributed by atoms with Crippen LogP contribution in [0.4, 0.5) is 0 Å². The number of aryl methyl sites for hydroxylation is 1. The summed E-state index contributed by atoms with van der Waals surface area (Å²) in [6.45, 7) is 0. The van der Waals surface area contributed by atoms with Crippen molar-refractivity contribution >= 4 is 16.7 Å². The fraction of sp³-hybridized carbons (Fsp3) is 0.118. The van der Waals surface area contributed by atoms with E-state index in [0.717, 1.165) is 16.5 Å². The summed E-state index contributed by atoms with van der Waals surface area (Å²) in [5.41, 5.74) is 2.15. The van der Waals surface area contributed by atoms with Gasteiger partial charge >= 0.3 is 5.97 Å². The van der Waals surface area contributed by atoms with E-state index in [-0.39, 0.29) is 12.0 Å². The summed E-state index contributed by atoms with van der Waals surface area (Å²) < 4.78 is 1.32. The first-order chi connectivity index (χ1) is 10.6. The van der Waals surface area contributed by atoms with Gasteiger partial charge in [-0.25, -0.2) is 4.68 Å². The summed E-state index contributed by atoms with van der Waals surface area (Å²) >= 11 is 0. The summed E-state index contributed by atoms with van der Waals surface area (Å²) in [6.07, 6.45) is -0.0122. The lowest BCUT2D eigenvalue weighted by atomic mass is 10.0. The molecule has 3 aromatic rings. The minimum Gasteiger partial charge on any atom is -0.481 e. The molecule has 0 fully saturated rings. The first-order valence-corrected chi connectivity index (χ1v) is 6.83. The number of aromatic nitrogens is 2.